The van der Waals surface area contributed by atoms with E-state index in [1.807, 2.05) is 26.0 Å². The molecule has 0 amide bonds. The van der Waals surface area contributed by atoms with Gasteiger partial charge in [0.2, 0.25) is 0 Å². The normalized spacial score (nSPS) is 44.2. The number of hydrogen-bond donors (Lipinski definition) is 2. The van der Waals surface area contributed by atoms with Crippen LogP contribution in [-0.4, -0.2) is 27.7 Å². The number of carbonyl (C=O) groups is 1. The van der Waals surface area contributed by atoms with E-state index in [1.54, 1.807) is 0 Å². The van der Waals surface area contributed by atoms with Gasteiger partial charge in [-0.1, -0.05) is 51.3 Å². The van der Waals surface area contributed by atoms with Crippen LogP contribution >= 0.6 is 0 Å². The first-order valence-corrected chi connectivity index (χ1v) is 12.3. The molecule has 0 aromatic carbocycles. The van der Waals surface area contributed by atoms with Gasteiger partial charge >= 0.3 is 0 Å². The van der Waals surface area contributed by atoms with E-state index < -0.39 is 11.7 Å². The monoisotopic (exact) mass is 414 g/mol. The summed E-state index contributed by atoms with van der Waals surface area (Å²) in [6.45, 7) is 11.0. The van der Waals surface area contributed by atoms with Gasteiger partial charge in [-0.25, -0.2) is 0 Å². The molecule has 30 heavy (non-hydrogen) atoms. The van der Waals surface area contributed by atoms with Crippen molar-refractivity contribution in [3.05, 3.63) is 23.8 Å². The predicted molar refractivity (Wildman–Crippen MR) is 121 cm³/mol. The van der Waals surface area contributed by atoms with E-state index >= 15 is 0 Å². The van der Waals surface area contributed by atoms with E-state index in [9.17, 15) is 15.0 Å². The molecule has 0 saturated heterocycles. The first-order chi connectivity index (χ1) is 14.0. The summed E-state index contributed by atoms with van der Waals surface area (Å²) in [4.78, 5) is 13.4. The quantitative estimate of drug-likeness (QED) is 0.587. The first kappa shape index (κ1) is 22.3. The molecule has 0 heterocycles. The van der Waals surface area contributed by atoms with Crippen LogP contribution in [0.2, 0.25) is 0 Å². The minimum absolute atomic E-state index is 0.0600. The number of allylic oxidation sites excluding steroid dienone is 2. The lowest BCUT2D eigenvalue weighted by atomic mass is 9.47. The average Bonchev–Trinajstić information content (AvgIpc) is 2.99. The zero-order valence-electron chi connectivity index (χ0n) is 19.7. The van der Waals surface area contributed by atoms with Gasteiger partial charge in [0.1, 0.15) is 0 Å². The summed E-state index contributed by atoms with van der Waals surface area (Å²) in [6.07, 6.45) is 14.1. The molecular weight excluding hydrogens is 372 g/mol. The average molecular weight is 415 g/mol. The van der Waals surface area contributed by atoms with Crippen LogP contribution in [0.3, 0.4) is 0 Å². The number of aliphatic hydroxyl groups is 2. The maximum atomic E-state index is 13.4. The van der Waals surface area contributed by atoms with Gasteiger partial charge in [-0.3, -0.25) is 4.79 Å². The Bertz CT molecular complexity index is 744. The van der Waals surface area contributed by atoms with Crippen molar-refractivity contribution in [3.8, 4) is 0 Å². The van der Waals surface area contributed by atoms with Crippen molar-refractivity contribution in [1.29, 1.82) is 0 Å². The van der Waals surface area contributed by atoms with Crippen molar-refractivity contribution in [2.24, 2.45) is 40.4 Å². The van der Waals surface area contributed by atoms with Crippen molar-refractivity contribution < 1.29 is 15.0 Å². The summed E-state index contributed by atoms with van der Waals surface area (Å²) < 4.78 is 0. The molecule has 2 fully saturated rings. The number of fused-ring (bicyclic) bond motifs is 5. The van der Waals surface area contributed by atoms with Gasteiger partial charge in [0.15, 0.2) is 5.78 Å². The van der Waals surface area contributed by atoms with Crippen LogP contribution < -0.4 is 0 Å². The lowest BCUT2D eigenvalue weighted by Crippen LogP contribution is -2.52. The Kier molecular flexibility index (Phi) is 5.63. The molecule has 3 heteroatoms. The van der Waals surface area contributed by atoms with Gasteiger partial charge in [-0.05, 0) is 87.5 Å². The Balaban J connectivity index is 1.54. The largest absolute Gasteiger partial charge is 0.390 e. The third-order valence-electron chi connectivity index (χ3n) is 9.68. The number of aliphatic hydroxyl groups excluding tert-OH is 1. The second-order valence-electron chi connectivity index (χ2n) is 12.1. The van der Waals surface area contributed by atoms with Gasteiger partial charge < -0.3 is 10.2 Å². The molecule has 8 atom stereocenters. The van der Waals surface area contributed by atoms with Crippen LogP contribution in [0.4, 0.5) is 0 Å². The predicted octanol–water partition coefficient (Wildman–Crippen LogP) is 5.46. The van der Waals surface area contributed by atoms with Gasteiger partial charge in [-0.2, -0.15) is 0 Å². The van der Waals surface area contributed by atoms with E-state index in [-0.39, 0.29) is 16.7 Å². The van der Waals surface area contributed by atoms with E-state index in [0.717, 1.165) is 24.8 Å². The molecule has 2 saturated carbocycles. The molecule has 0 radical (unpaired) electrons. The summed E-state index contributed by atoms with van der Waals surface area (Å²) in [5, 5.41) is 20.2. The Morgan fingerprint density at radius 2 is 1.93 bits per heavy atom. The summed E-state index contributed by atoms with van der Waals surface area (Å²) in [5.74, 6) is 2.67. The molecule has 0 spiro atoms. The van der Waals surface area contributed by atoms with Gasteiger partial charge in [-0.15, -0.1) is 0 Å². The van der Waals surface area contributed by atoms with E-state index in [0.29, 0.717) is 35.9 Å². The number of rotatable bonds is 5. The molecular formula is C27H42O3. The van der Waals surface area contributed by atoms with Crippen molar-refractivity contribution in [3.63, 3.8) is 0 Å². The van der Waals surface area contributed by atoms with Gasteiger partial charge in [0.25, 0.3) is 0 Å². The Hall–Kier alpha value is -0.930. The Morgan fingerprint density at radius 3 is 2.63 bits per heavy atom. The van der Waals surface area contributed by atoms with E-state index in [2.05, 4.69) is 26.8 Å². The fourth-order valence-electron chi connectivity index (χ4n) is 8.02. The van der Waals surface area contributed by atoms with Crippen molar-refractivity contribution in [2.75, 3.05) is 0 Å². The van der Waals surface area contributed by atoms with E-state index in [4.69, 9.17) is 0 Å². The molecule has 0 bridgehead atoms. The lowest BCUT2D eigenvalue weighted by Gasteiger charge is -2.56. The zero-order valence-corrected chi connectivity index (χ0v) is 19.7. The lowest BCUT2D eigenvalue weighted by molar-refractivity contribution is -0.132. The zero-order chi connectivity index (χ0) is 21.9. The second-order valence-corrected chi connectivity index (χ2v) is 12.1. The summed E-state index contributed by atoms with van der Waals surface area (Å²) in [7, 11) is 0. The van der Waals surface area contributed by atoms with E-state index in [1.165, 1.54) is 25.7 Å². The van der Waals surface area contributed by atoms with Crippen LogP contribution in [-0.2, 0) is 4.79 Å². The highest BCUT2D eigenvalue weighted by Crippen LogP contribution is 2.66. The van der Waals surface area contributed by atoms with Crippen molar-refractivity contribution >= 4 is 5.78 Å². The topological polar surface area (TPSA) is 57.5 Å². The fourth-order valence-corrected chi connectivity index (χ4v) is 8.02. The maximum absolute atomic E-state index is 13.4. The Labute approximate surface area is 183 Å². The third-order valence-corrected chi connectivity index (χ3v) is 9.68. The van der Waals surface area contributed by atoms with Crippen molar-refractivity contribution in [1.82, 2.24) is 0 Å². The third kappa shape index (κ3) is 3.64. The van der Waals surface area contributed by atoms with Gasteiger partial charge in [0, 0.05) is 11.3 Å². The molecule has 0 unspecified atom stereocenters. The fraction of sp³-hybridized carbons (Fsp3) is 0.815. The first-order valence-electron chi connectivity index (χ1n) is 12.3. The summed E-state index contributed by atoms with van der Waals surface area (Å²) in [6, 6.07) is 0. The number of ketones is 1. The molecule has 0 aromatic heterocycles. The van der Waals surface area contributed by atoms with Crippen LogP contribution in [0.15, 0.2) is 23.8 Å². The molecule has 2 N–H and O–H groups in total. The molecule has 4 aliphatic carbocycles. The summed E-state index contributed by atoms with van der Waals surface area (Å²) >= 11 is 0. The maximum Gasteiger partial charge on any atom is 0.159 e. The minimum atomic E-state index is -0.574. The highest BCUT2D eigenvalue weighted by molar-refractivity contribution is 5.94. The molecule has 4 aliphatic rings. The number of hydrogen-bond acceptors (Lipinski definition) is 3. The second kappa shape index (κ2) is 7.59. The highest BCUT2D eigenvalue weighted by Gasteiger charge is 2.60. The van der Waals surface area contributed by atoms with Crippen molar-refractivity contribution in [2.45, 2.75) is 97.7 Å². The molecule has 0 aliphatic heterocycles. The van der Waals surface area contributed by atoms with Crippen LogP contribution in [0, 0.1) is 40.4 Å². The minimum Gasteiger partial charge on any atom is -0.390 e. The summed E-state index contributed by atoms with van der Waals surface area (Å²) in [5.41, 5.74) is 0.775. The molecule has 4 rings (SSSR count). The SMILES string of the molecule is C[C@H](CCCC(C)(C)O)[C@H]1CC[C@H]2[C@@H]3C(=O)C=C4C[C@@H](O)C=C[C@]4(C)[C@H]3CC[C@]12C. The molecule has 168 valence electrons. The molecule has 3 nitrogen and oxygen atoms in total. The number of carbonyl (C=O) groups excluding carboxylic acids is 1. The molecule has 0 aromatic rings. The van der Waals surface area contributed by atoms with Crippen LogP contribution in [0.1, 0.15) is 86.0 Å². The van der Waals surface area contributed by atoms with Gasteiger partial charge in [0.05, 0.1) is 11.7 Å². The Morgan fingerprint density at radius 1 is 1.20 bits per heavy atom. The van der Waals surface area contributed by atoms with Crippen LogP contribution in [0.25, 0.3) is 0 Å². The van der Waals surface area contributed by atoms with Crippen LogP contribution in [0.5, 0.6) is 0 Å². The highest BCUT2D eigenvalue weighted by atomic mass is 16.3. The smallest absolute Gasteiger partial charge is 0.159 e. The standard InChI is InChI=1S/C27H42O3/c1-17(7-6-12-25(2,3)30)20-8-9-21-24-22(11-14-27(20,21)5)26(4)13-10-19(28)15-18(26)16-23(24)29/h10,13,16-17,19-22,24,28,30H,6-9,11-12,14-15H2,1-5H3/t17-,19+,20-,21+,22+,24+,26+,27-/m1/s1.